The molecule has 6 N–H and O–H groups in total. The van der Waals surface area contributed by atoms with E-state index in [1.54, 1.807) is 6.07 Å². The van der Waals surface area contributed by atoms with Crippen LogP contribution >= 0.6 is 0 Å². The highest BCUT2D eigenvalue weighted by Gasteiger charge is 2.27. The molecule has 2 rings (SSSR count). The highest BCUT2D eigenvalue weighted by molar-refractivity contribution is 5.85. The third-order valence-corrected chi connectivity index (χ3v) is 3.27. The lowest BCUT2D eigenvalue weighted by molar-refractivity contribution is 0.132. The summed E-state index contributed by atoms with van der Waals surface area (Å²) in [5, 5.41) is 21.8. The molecule has 0 spiro atoms. The van der Waals surface area contributed by atoms with Crippen molar-refractivity contribution in [3.63, 3.8) is 0 Å². The smallest absolute Gasteiger partial charge is 0.408 e. The van der Waals surface area contributed by atoms with Crippen molar-refractivity contribution < 1.29 is 14.6 Å². The molecule has 1 aromatic heterocycles. The van der Waals surface area contributed by atoms with Crippen LogP contribution in [0.15, 0.2) is 21.3 Å². The molecular formula is C12H17N3O4. The predicted molar refractivity (Wildman–Crippen MR) is 72.1 cm³/mol. The number of nitrogens with two attached hydrogens (primary N) is 1. The summed E-state index contributed by atoms with van der Waals surface area (Å²) in [4.78, 5) is 13.6. The Labute approximate surface area is 109 Å². The first kappa shape index (κ1) is 13.4. The Kier molecular flexibility index (Phi) is 3.50. The molecule has 0 saturated carbocycles. The van der Waals surface area contributed by atoms with E-state index in [2.05, 4.69) is 10.3 Å². The second kappa shape index (κ2) is 4.94. The fourth-order valence-corrected chi connectivity index (χ4v) is 1.85. The number of hydrogen-bond acceptors (Lipinski definition) is 6. The molecule has 0 bridgehead atoms. The van der Waals surface area contributed by atoms with Crippen molar-refractivity contribution in [1.82, 2.24) is 4.98 Å². The van der Waals surface area contributed by atoms with Gasteiger partial charge in [-0.15, -0.1) is 0 Å². The highest BCUT2D eigenvalue weighted by atomic mass is 16.4. The number of nitrogens with one attached hydrogen (secondary N) is 2. The third-order valence-electron chi connectivity index (χ3n) is 3.27. The van der Waals surface area contributed by atoms with Crippen LogP contribution in [-0.2, 0) is 0 Å². The topological polar surface area (TPSA) is 125 Å². The Balaban J connectivity index is 2.44. The van der Waals surface area contributed by atoms with Crippen LogP contribution in [0.2, 0.25) is 0 Å². The van der Waals surface area contributed by atoms with Crippen LogP contribution in [0.3, 0.4) is 0 Å². The predicted octanol–water partition coefficient (Wildman–Crippen LogP) is 0.249. The van der Waals surface area contributed by atoms with Gasteiger partial charge in [0.15, 0.2) is 5.58 Å². The van der Waals surface area contributed by atoms with Gasteiger partial charge in [-0.05, 0) is 12.5 Å². The summed E-state index contributed by atoms with van der Waals surface area (Å²) >= 11 is 0. The minimum atomic E-state index is -0.855. The van der Waals surface area contributed by atoms with Crippen molar-refractivity contribution in [1.29, 1.82) is 0 Å². The quantitative estimate of drug-likeness (QED) is 0.494. The van der Waals surface area contributed by atoms with E-state index in [1.165, 1.54) is 6.07 Å². The summed E-state index contributed by atoms with van der Waals surface area (Å²) in [6.07, 6.45) is 0.513. The molecule has 104 valence electrons. The van der Waals surface area contributed by atoms with Gasteiger partial charge in [-0.25, -0.2) is 4.79 Å². The van der Waals surface area contributed by atoms with Gasteiger partial charge in [0.05, 0.1) is 35.6 Å². The van der Waals surface area contributed by atoms with Gasteiger partial charge in [-0.1, -0.05) is 6.92 Å². The van der Waals surface area contributed by atoms with E-state index in [1.807, 2.05) is 6.92 Å². The molecule has 0 atom stereocenters. The summed E-state index contributed by atoms with van der Waals surface area (Å²) in [6, 6.07) is 3.13. The fraction of sp³-hybridized carbons (Fsp3) is 0.417. The number of hydrogen-bond donors (Lipinski definition) is 5. The van der Waals surface area contributed by atoms with Crippen LogP contribution in [0.25, 0.3) is 11.1 Å². The maximum atomic E-state index is 11.1. The van der Waals surface area contributed by atoms with Gasteiger partial charge in [0.25, 0.3) is 0 Å². The zero-order valence-electron chi connectivity index (χ0n) is 10.6. The van der Waals surface area contributed by atoms with E-state index in [0.29, 0.717) is 28.9 Å². The van der Waals surface area contributed by atoms with Gasteiger partial charge < -0.3 is 25.7 Å². The molecule has 0 fully saturated rings. The van der Waals surface area contributed by atoms with E-state index in [4.69, 9.17) is 10.2 Å². The number of fused-ring (bicyclic) bond motifs is 1. The number of anilines is 2. The number of aliphatic hydroxyl groups is 2. The van der Waals surface area contributed by atoms with Crippen molar-refractivity contribution >= 4 is 22.5 Å². The summed E-state index contributed by atoms with van der Waals surface area (Å²) in [5.41, 5.74) is 6.77. The molecule has 19 heavy (non-hydrogen) atoms. The number of aromatic nitrogens is 1. The van der Waals surface area contributed by atoms with Gasteiger partial charge in [0, 0.05) is 6.07 Å². The number of rotatable bonds is 5. The molecule has 7 nitrogen and oxygen atoms in total. The average molecular weight is 267 g/mol. The second-order valence-corrected chi connectivity index (χ2v) is 4.53. The summed E-state index contributed by atoms with van der Waals surface area (Å²) in [5.74, 6) is -0.558. The molecule has 7 heteroatoms. The van der Waals surface area contributed by atoms with Crippen molar-refractivity contribution in [3.05, 3.63) is 22.7 Å². The maximum absolute atomic E-state index is 11.1. The lowest BCUT2D eigenvalue weighted by Gasteiger charge is -2.31. The second-order valence-electron chi connectivity index (χ2n) is 4.53. The number of H-pyrrole nitrogens is 1. The third kappa shape index (κ3) is 2.42. The first-order valence-corrected chi connectivity index (χ1v) is 5.96. The normalized spacial score (nSPS) is 11.9. The van der Waals surface area contributed by atoms with Crippen LogP contribution in [0.5, 0.6) is 0 Å². The molecule has 0 aliphatic heterocycles. The van der Waals surface area contributed by atoms with Crippen LogP contribution < -0.4 is 16.8 Å². The van der Waals surface area contributed by atoms with Gasteiger partial charge >= 0.3 is 5.76 Å². The fourth-order valence-electron chi connectivity index (χ4n) is 1.85. The Morgan fingerprint density at radius 3 is 2.68 bits per heavy atom. The lowest BCUT2D eigenvalue weighted by Crippen LogP contribution is -2.45. The Morgan fingerprint density at radius 2 is 2.11 bits per heavy atom. The number of benzene rings is 1. The monoisotopic (exact) mass is 267 g/mol. The average Bonchev–Trinajstić information content (AvgIpc) is 2.75. The van der Waals surface area contributed by atoms with E-state index in [0.717, 1.165) is 0 Å². The zero-order valence-corrected chi connectivity index (χ0v) is 10.6. The van der Waals surface area contributed by atoms with E-state index < -0.39 is 11.3 Å². The Morgan fingerprint density at radius 1 is 1.42 bits per heavy atom. The van der Waals surface area contributed by atoms with Gasteiger partial charge in [-0.2, -0.15) is 0 Å². The Bertz CT molecular complexity index is 619. The minimum Gasteiger partial charge on any atom is -0.408 e. The molecule has 0 saturated heterocycles. The number of aromatic amines is 1. The lowest BCUT2D eigenvalue weighted by atomic mass is 9.97. The molecule has 2 aromatic rings. The molecule has 1 heterocycles. The summed E-state index contributed by atoms with van der Waals surface area (Å²) in [6.45, 7) is 1.37. The van der Waals surface area contributed by atoms with Crippen LogP contribution in [-0.4, -0.2) is 33.9 Å². The Hall–Kier alpha value is -1.99. The summed E-state index contributed by atoms with van der Waals surface area (Å²) in [7, 11) is 0. The van der Waals surface area contributed by atoms with E-state index in [9.17, 15) is 15.0 Å². The highest BCUT2D eigenvalue weighted by Crippen LogP contribution is 2.28. The van der Waals surface area contributed by atoms with Gasteiger partial charge in [0.2, 0.25) is 0 Å². The number of oxazole rings is 1. The van der Waals surface area contributed by atoms with Crippen LogP contribution in [0, 0.1) is 0 Å². The van der Waals surface area contributed by atoms with Crippen molar-refractivity contribution in [2.75, 3.05) is 24.3 Å². The zero-order chi connectivity index (χ0) is 14.0. The molecular weight excluding hydrogens is 250 g/mol. The van der Waals surface area contributed by atoms with E-state index >= 15 is 0 Å². The van der Waals surface area contributed by atoms with Crippen LogP contribution in [0.1, 0.15) is 13.3 Å². The first-order valence-electron chi connectivity index (χ1n) is 5.96. The van der Waals surface area contributed by atoms with Crippen molar-refractivity contribution in [2.45, 2.75) is 18.9 Å². The van der Waals surface area contributed by atoms with Crippen molar-refractivity contribution in [3.8, 4) is 0 Å². The molecule has 0 aliphatic rings. The van der Waals surface area contributed by atoms with Crippen molar-refractivity contribution in [2.24, 2.45) is 0 Å². The first-order chi connectivity index (χ1) is 9.03. The maximum Gasteiger partial charge on any atom is 0.417 e. The SMILES string of the molecule is CCC(CO)(CO)Nc1cc2[nH]c(=O)oc2cc1N. The molecule has 0 amide bonds. The molecule has 0 aliphatic carbocycles. The summed E-state index contributed by atoms with van der Waals surface area (Å²) < 4.78 is 4.90. The largest absolute Gasteiger partial charge is 0.417 e. The van der Waals surface area contributed by atoms with Crippen LogP contribution in [0.4, 0.5) is 11.4 Å². The molecule has 1 aromatic carbocycles. The number of aliphatic hydroxyl groups excluding tert-OH is 2. The van der Waals surface area contributed by atoms with Gasteiger partial charge in [-0.3, -0.25) is 4.98 Å². The number of nitrogen functional groups attached to an aromatic ring is 1. The standard InChI is InChI=1S/C12H17N3O4/c1-2-12(5-16,6-17)15-8-4-9-10(3-7(8)13)19-11(18)14-9/h3-4,15-17H,2,5-6,13H2,1H3,(H,14,18). The molecule has 0 radical (unpaired) electrons. The minimum absolute atomic E-state index is 0.237. The van der Waals surface area contributed by atoms with E-state index in [-0.39, 0.29) is 13.2 Å². The molecule has 0 unspecified atom stereocenters. The van der Waals surface area contributed by atoms with Gasteiger partial charge in [0.1, 0.15) is 0 Å².